The highest BCUT2D eigenvalue weighted by Gasteiger charge is 2.51. The van der Waals surface area contributed by atoms with E-state index in [1.54, 1.807) is 27.0 Å². The molecule has 2 aliphatic rings. The number of aryl methyl sites for hydroxylation is 1. The van der Waals surface area contributed by atoms with Crippen LogP contribution in [0, 0.1) is 6.92 Å². The fourth-order valence-corrected chi connectivity index (χ4v) is 5.17. The summed E-state index contributed by atoms with van der Waals surface area (Å²) in [7, 11) is 3.02. The van der Waals surface area contributed by atoms with E-state index in [9.17, 15) is 15.0 Å². The molecule has 2 heterocycles. The van der Waals surface area contributed by atoms with Crippen LogP contribution in [0.2, 0.25) is 0 Å². The molecule has 168 valence electrons. The summed E-state index contributed by atoms with van der Waals surface area (Å²) in [5, 5.41) is 25.7. The van der Waals surface area contributed by atoms with Gasteiger partial charge in [-0.2, -0.15) is 0 Å². The second kappa shape index (κ2) is 8.26. The SMILES string of the molecule is CO/N=C(\C)c1c(O)c2ccc(C3OC4(CCCC4)C(OC)CC3O)c(C)c2oc1=O. The molecular weight excluding hydrogens is 402 g/mol. The first-order valence-electron chi connectivity index (χ1n) is 10.6. The zero-order valence-corrected chi connectivity index (χ0v) is 18.3. The number of fused-ring (bicyclic) bond motifs is 1. The molecule has 0 bridgehead atoms. The Labute approximate surface area is 180 Å². The van der Waals surface area contributed by atoms with Crippen molar-refractivity contribution >= 4 is 16.7 Å². The van der Waals surface area contributed by atoms with Gasteiger partial charge in [0.2, 0.25) is 0 Å². The lowest BCUT2D eigenvalue weighted by Gasteiger charge is -2.46. The fourth-order valence-electron chi connectivity index (χ4n) is 5.17. The Balaban J connectivity index is 1.80. The summed E-state index contributed by atoms with van der Waals surface area (Å²) in [6.45, 7) is 3.36. The number of methoxy groups -OCH3 is 1. The maximum absolute atomic E-state index is 12.6. The number of aromatic hydroxyl groups is 1. The zero-order valence-electron chi connectivity index (χ0n) is 18.3. The summed E-state index contributed by atoms with van der Waals surface area (Å²) in [5.41, 5.74) is 0.699. The van der Waals surface area contributed by atoms with Gasteiger partial charge in [-0.05, 0) is 43.9 Å². The first-order valence-corrected chi connectivity index (χ1v) is 10.6. The second-order valence-corrected chi connectivity index (χ2v) is 8.47. The smallest absolute Gasteiger partial charge is 0.349 e. The van der Waals surface area contributed by atoms with E-state index in [1.165, 1.54) is 7.11 Å². The molecule has 1 spiro atoms. The van der Waals surface area contributed by atoms with Gasteiger partial charge in [-0.1, -0.05) is 24.1 Å². The van der Waals surface area contributed by atoms with E-state index >= 15 is 0 Å². The molecule has 2 N–H and O–H groups in total. The topological polar surface area (TPSA) is 111 Å². The van der Waals surface area contributed by atoms with Crippen LogP contribution in [0.5, 0.6) is 5.75 Å². The Kier molecular flexibility index (Phi) is 5.81. The molecule has 4 rings (SSSR count). The van der Waals surface area contributed by atoms with Gasteiger partial charge in [0.25, 0.3) is 0 Å². The summed E-state index contributed by atoms with van der Waals surface area (Å²) in [6, 6.07) is 3.49. The third-order valence-electron chi connectivity index (χ3n) is 6.72. The van der Waals surface area contributed by atoms with Gasteiger partial charge < -0.3 is 28.9 Å². The van der Waals surface area contributed by atoms with Crippen molar-refractivity contribution < 1.29 is 28.9 Å². The van der Waals surface area contributed by atoms with E-state index in [1.807, 2.05) is 6.07 Å². The van der Waals surface area contributed by atoms with Gasteiger partial charge in [-0.25, -0.2) is 4.79 Å². The van der Waals surface area contributed by atoms with Gasteiger partial charge in [0.05, 0.1) is 28.9 Å². The van der Waals surface area contributed by atoms with Crippen molar-refractivity contribution in [3.63, 3.8) is 0 Å². The Morgan fingerprint density at radius 3 is 2.61 bits per heavy atom. The number of nitrogens with zero attached hydrogens (tertiary/aromatic N) is 1. The normalized spacial score (nSPS) is 26.0. The number of ether oxygens (including phenoxy) is 2. The van der Waals surface area contributed by atoms with Crippen molar-refractivity contribution in [3.05, 3.63) is 39.2 Å². The van der Waals surface area contributed by atoms with E-state index in [4.69, 9.17) is 18.7 Å². The van der Waals surface area contributed by atoms with Crippen molar-refractivity contribution in [2.75, 3.05) is 14.2 Å². The van der Waals surface area contributed by atoms with E-state index in [0.29, 0.717) is 17.4 Å². The first-order chi connectivity index (χ1) is 14.8. The average Bonchev–Trinajstić information content (AvgIpc) is 3.20. The third kappa shape index (κ3) is 3.52. The van der Waals surface area contributed by atoms with Crippen LogP contribution >= 0.6 is 0 Å². The monoisotopic (exact) mass is 431 g/mol. The lowest BCUT2D eigenvalue weighted by molar-refractivity contribution is -0.233. The van der Waals surface area contributed by atoms with Crippen molar-refractivity contribution in [2.45, 2.75) is 69.9 Å². The lowest BCUT2D eigenvalue weighted by Crippen LogP contribution is -2.52. The Morgan fingerprint density at radius 1 is 1.26 bits per heavy atom. The highest BCUT2D eigenvalue weighted by molar-refractivity contribution is 6.04. The minimum Gasteiger partial charge on any atom is -0.506 e. The summed E-state index contributed by atoms with van der Waals surface area (Å²) in [4.78, 5) is 17.3. The third-order valence-corrected chi connectivity index (χ3v) is 6.72. The van der Waals surface area contributed by atoms with E-state index in [-0.39, 0.29) is 28.7 Å². The van der Waals surface area contributed by atoms with Crippen LogP contribution in [0.3, 0.4) is 0 Å². The van der Waals surface area contributed by atoms with Crippen LogP contribution in [-0.4, -0.2) is 48.0 Å². The highest BCUT2D eigenvalue weighted by atomic mass is 16.6. The Bertz CT molecular complexity index is 1070. The quantitative estimate of drug-likeness (QED) is 0.434. The minimum atomic E-state index is -0.761. The number of aliphatic hydroxyl groups is 1. The molecule has 3 unspecified atom stereocenters. The van der Waals surface area contributed by atoms with Gasteiger partial charge in [-0.15, -0.1) is 0 Å². The van der Waals surface area contributed by atoms with Gasteiger partial charge in [0, 0.05) is 13.5 Å². The van der Waals surface area contributed by atoms with Crippen molar-refractivity contribution in [2.24, 2.45) is 5.16 Å². The molecule has 2 aromatic rings. The summed E-state index contributed by atoms with van der Waals surface area (Å²) in [5.74, 6) is -0.212. The van der Waals surface area contributed by atoms with Gasteiger partial charge in [0.15, 0.2) is 0 Å². The molecule has 2 fully saturated rings. The van der Waals surface area contributed by atoms with Crippen LogP contribution in [0.1, 0.15) is 61.8 Å². The van der Waals surface area contributed by atoms with Crippen LogP contribution in [0.4, 0.5) is 0 Å². The molecule has 31 heavy (non-hydrogen) atoms. The maximum Gasteiger partial charge on any atom is 0.349 e. The predicted molar refractivity (Wildman–Crippen MR) is 115 cm³/mol. The summed E-state index contributed by atoms with van der Waals surface area (Å²) in [6.07, 6.45) is 2.88. The van der Waals surface area contributed by atoms with Crippen LogP contribution in [0.15, 0.2) is 26.5 Å². The van der Waals surface area contributed by atoms with Crippen LogP contribution < -0.4 is 5.63 Å². The summed E-state index contributed by atoms with van der Waals surface area (Å²) >= 11 is 0. The highest BCUT2D eigenvalue weighted by Crippen LogP contribution is 2.48. The average molecular weight is 431 g/mol. The molecule has 1 aliphatic carbocycles. The Hall–Kier alpha value is -2.42. The molecule has 1 aromatic carbocycles. The molecule has 1 aromatic heterocycles. The minimum absolute atomic E-state index is 0.0386. The summed E-state index contributed by atoms with van der Waals surface area (Å²) < 4.78 is 17.8. The molecular formula is C23H29NO7. The van der Waals surface area contributed by atoms with Crippen molar-refractivity contribution in [3.8, 4) is 5.75 Å². The lowest BCUT2D eigenvalue weighted by atomic mass is 9.83. The predicted octanol–water partition coefficient (Wildman–Crippen LogP) is 3.33. The molecule has 0 radical (unpaired) electrons. The van der Waals surface area contributed by atoms with E-state index in [0.717, 1.165) is 31.2 Å². The standard InChI is InChI=1S/C23H29NO7/c1-12-14(21-16(25)11-17(28-3)23(31-21)9-5-6-10-23)7-8-15-19(26)18(13(2)24-29-4)22(27)30-20(12)15/h7-8,16-17,21,25-26H,5-6,9-11H2,1-4H3/b24-13+. The first kappa shape index (κ1) is 21.8. The zero-order chi connectivity index (χ0) is 22.3. The number of hydrogen-bond acceptors (Lipinski definition) is 8. The fraction of sp³-hybridized carbons (Fsp3) is 0.565. The van der Waals surface area contributed by atoms with Gasteiger partial charge in [-0.3, -0.25) is 0 Å². The van der Waals surface area contributed by atoms with Crippen molar-refractivity contribution in [1.82, 2.24) is 0 Å². The number of benzene rings is 1. The number of aliphatic hydroxyl groups excluding tert-OH is 1. The van der Waals surface area contributed by atoms with Crippen molar-refractivity contribution in [1.29, 1.82) is 0 Å². The largest absolute Gasteiger partial charge is 0.506 e. The molecule has 0 amide bonds. The van der Waals surface area contributed by atoms with Crippen LogP contribution in [0.25, 0.3) is 11.0 Å². The van der Waals surface area contributed by atoms with E-state index in [2.05, 4.69) is 5.16 Å². The molecule has 8 nitrogen and oxygen atoms in total. The number of hydrogen-bond donors (Lipinski definition) is 2. The molecule has 3 atom stereocenters. The molecule has 8 heteroatoms. The van der Waals surface area contributed by atoms with Gasteiger partial charge in [0.1, 0.15) is 30.1 Å². The van der Waals surface area contributed by atoms with Crippen LogP contribution in [-0.2, 0) is 14.3 Å². The van der Waals surface area contributed by atoms with Gasteiger partial charge >= 0.3 is 5.63 Å². The second-order valence-electron chi connectivity index (χ2n) is 8.47. The molecule has 1 saturated heterocycles. The van der Waals surface area contributed by atoms with E-state index < -0.39 is 23.4 Å². The number of rotatable bonds is 4. The molecule has 1 aliphatic heterocycles. The number of oxime groups is 1. The molecule has 1 saturated carbocycles. The maximum atomic E-state index is 12.6. The Morgan fingerprint density at radius 2 is 1.97 bits per heavy atom.